The van der Waals surface area contributed by atoms with Crippen LogP contribution in [0.3, 0.4) is 0 Å². The van der Waals surface area contributed by atoms with Crippen LogP contribution >= 0.6 is 11.8 Å². The summed E-state index contributed by atoms with van der Waals surface area (Å²) in [6, 6.07) is 25.6. The van der Waals surface area contributed by atoms with Crippen LogP contribution in [0.15, 0.2) is 84.0 Å². The minimum absolute atomic E-state index is 0.0651. The van der Waals surface area contributed by atoms with Crippen LogP contribution in [0.1, 0.15) is 24.4 Å². The number of benzene rings is 3. The second-order valence-electron chi connectivity index (χ2n) is 8.50. The van der Waals surface area contributed by atoms with Gasteiger partial charge in [-0.05, 0) is 49.2 Å². The van der Waals surface area contributed by atoms with E-state index < -0.39 is 6.10 Å². The van der Waals surface area contributed by atoms with Gasteiger partial charge < -0.3 is 14.4 Å². The van der Waals surface area contributed by atoms with E-state index in [9.17, 15) is 4.79 Å². The molecule has 176 valence electrons. The van der Waals surface area contributed by atoms with Crippen LogP contribution in [0.5, 0.6) is 11.5 Å². The van der Waals surface area contributed by atoms with E-state index in [2.05, 4.69) is 16.3 Å². The first-order chi connectivity index (χ1) is 17.2. The molecule has 35 heavy (non-hydrogen) atoms. The molecule has 0 bridgehead atoms. The molecule has 0 unspecified atom stereocenters. The smallest absolute Gasteiger partial charge is 0.240 e. The van der Waals surface area contributed by atoms with Gasteiger partial charge >= 0.3 is 0 Å². The van der Waals surface area contributed by atoms with Gasteiger partial charge in [0.05, 0.1) is 5.25 Å². The van der Waals surface area contributed by atoms with Gasteiger partial charge in [0.15, 0.2) is 28.6 Å². The number of rotatable bonds is 5. The molecule has 0 saturated heterocycles. The lowest BCUT2D eigenvalue weighted by Crippen LogP contribution is -2.35. The van der Waals surface area contributed by atoms with E-state index in [4.69, 9.17) is 9.47 Å². The molecule has 0 spiro atoms. The highest BCUT2D eigenvalue weighted by molar-refractivity contribution is 8.00. The van der Waals surface area contributed by atoms with Gasteiger partial charge in [-0.3, -0.25) is 9.36 Å². The number of carbonyl (C=O) groups is 1. The fraction of sp³-hybridized carbons (Fsp3) is 0.222. The lowest BCUT2D eigenvalue weighted by Gasteiger charge is -2.26. The highest BCUT2D eigenvalue weighted by Crippen LogP contribution is 2.38. The SMILES string of the molecule is C[C@@H](Sc1nnc([C@H]2COc3ccccc3O2)n1-c1ccccc1)C(=O)N1CCc2ccccc21. The highest BCUT2D eigenvalue weighted by atomic mass is 32.2. The molecule has 0 saturated carbocycles. The zero-order chi connectivity index (χ0) is 23.8. The molecule has 6 rings (SSSR count). The van der Waals surface area contributed by atoms with Crippen molar-refractivity contribution in [2.45, 2.75) is 29.9 Å². The third kappa shape index (κ3) is 4.04. The van der Waals surface area contributed by atoms with Crippen molar-refractivity contribution in [2.24, 2.45) is 0 Å². The van der Waals surface area contributed by atoms with Crippen molar-refractivity contribution < 1.29 is 14.3 Å². The summed E-state index contributed by atoms with van der Waals surface area (Å²) in [5, 5.41) is 9.28. The number of thioether (sulfide) groups is 1. The Morgan fingerprint density at radius 3 is 2.57 bits per heavy atom. The number of carbonyl (C=O) groups excluding carboxylic acids is 1. The van der Waals surface area contributed by atoms with Gasteiger partial charge in [-0.2, -0.15) is 0 Å². The second-order valence-corrected chi connectivity index (χ2v) is 9.81. The molecule has 3 aromatic carbocycles. The summed E-state index contributed by atoms with van der Waals surface area (Å²) in [6.07, 6.45) is 0.452. The molecule has 0 radical (unpaired) electrons. The first-order valence-electron chi connectivity index (χ1n) is 11.6. The summed E-state index contributed by atoms with van der Waals surface area (Å²) in [7, 11) is 0. The Balaban J connectivity index is 1.30. The first kappa shape index (κ1) is 21.7. The molecule has 2 aliphatic heterocycles. The molecule has 0 aliphatic carbocycles. The maximum Gasteiger partial charge on any atom is 0.240 e. The summed E-state index contributed by atoms with van der Waals surface area (Å²) in [6.45, 7) is 2.95. The van der Waals surface area contributed by atoms with Crippen molar-refractivity contribution in [1.29, 1.82) is 0 Å². The van der Waals surface area contributed by atoms with Crippen LogP contribution in [0, 0.1) is 0 Å². The number of amides is 1. The Hall–Kier alpha value is -3.78. The van der Waals surface area contributed by atoms with Crippen molar-refractivity contribution in [3.8, 4) is 17.2 Å². The Labute approximate surface area is 207 Å². The highest BCUT2D eigenvalue weighted by Gasteiger charge is 2.32. The molecular weight excluding hydrogens is 460 g/mol. The number of ether oxygens (including phenoxy) is 2. The van der Waals surface area contributed by atoms with Crippen molar-refractivity contribution in [2.75, 3.05) is 18.1 Å². The summed E-state index contributed by atoms with van der Waals surface area (Å²) in [5.41, 5.74) is 3.12. The molecule has 0 N–H and O–H groups in total. The Morgan fingerprint density at radius 1 is 0.971 bits per heavy atom. The fourth-order valence-electron chi connectivity index (χ4n) is 4.53. The third-order valence-electron chi connectivity index (χ3n) is 6.25. The van der Waals surface area contributed by atoms with E-state index in [0.717, 1.165) is 17.8 Å². The van der Waals surface area contributed by atoms with E-state index in [0.29, 0.717) is 35.6 Å². The average Bonchev–Trinajstić information content (AvgIpc) is 3.53. The monoisotopic (exact) mass is 484 g/mol. The fourth-order valence-corrected chi connectivity index (χ4v) is 5.46. The number of nitrogens with zero attached hydrogens (tertiary/aromatic N) is 4. The predicted octanol–water partition coefficient (Wildman–Crippen LogP) is 4.85. The molecule has 8 heteroatoms. The van der Waals surface area contributed by atoms with Crippen LogP contribution in [0.25, 0.3) is 5.69 Å². The summed E-state index contributed by atoms with van der Waals surface area (Å²) < 4.78 is 14.1. The Bertz CT molecular complexity index is 1370. The summed E-state index contributed by atoms with van der Waals surface area (Å²) in [4.78, 5) is 15.3. The average molecular weight is 485 g/mol. The van der Waals surface area contributed by atoms with Gasteiger partial charge in [-0.25, -0.2) is 0 Å². The zero-order valence-electron chi connectivity index (χ0n) is 19.2. The first-order valence-corrected chi connectivity index (χ1v) is 12.5. The molecule has 1 aromatic heterocycles. The lowest BCUT2D eigenvalue weighted by atomic mass is 10.2. The van der Waals surface area contributed by atoms with Crippen LogP contribution in [0.4, 0.5) is 5.69 Å². The van der Waals surface area contributed by atoms with Gasteiger partial charge in [-0.15, -0.1) is 10.2 Å². The summed E-state index contributed by atoms with van der Waals surface area (Å²) in [5.74, 6) is 2.10. The van der Waals surface area contributed by atoms with Crippen molar-refractivity contribution in [3.05, 3.63) is 90.3 Å². The molecule has 0 fully saturated rings. The number of fused-ring (bicyclic) bond motifs is 2. The molecule has 2 aliphatic rings. The summed E-state index contributed by atoms with van der Waals surface area (Å²) >= 11 is 1.41. The standard InChI is InChI=1S/C27H24N4O3S/c1-18(26(32)30-16-15-19-9-5-6-12-21(19)30)35-27-29-28-25(31(27)20-10-3-2-4-11-20)24-17-33-22-13-7-8-14-23(22)34-24/h2-14,18,24H,15-17H2,1H3/t18-,24-/m1/s1. The van der Waals surface area contributed by atoms with Crippen LogP contribution in [0.2, 0.25) is 0 Å². The minimum Gasteiger partial charge on any atom is -0.485 e. The van der Waals surface area contributed by atoms with Gasteiger partial charge in [0.25, 0.3) is 0 Å². The molecule has 2 atom stereocenters. The maximum atomic E-state index is 13.4. The zero-order valence-corrected chi connectivity index (χ0v) is 20.0. The maximum absolute atomic E-state index is 13.4. The van der Waals surface area contributed by atoms with Crippen molar-refractivity contribution in [1.82, 2.24) is 14.8 Å². The quantitative estimate of drug-likeness (QED) is 0.377. The van der Waals surface area contributed by atoms with Crippen LogP contribution in [-0.4, -0.2) is 39.1 Å². The van der Waals surface area contributed by atoms with Crippen LogP contribution in [-0.2, 0) is 11.2 Å². The number of aromatic nitrogens is 3. The van der Waals surface area contributed by atoms with E-state index >= 15 is 0 Å². The van der Waals surface area contributed by atoms with Crippen LogP contribution < -0.4 is 14.4 Å². The molecule has 4 aromatic rings. The second kappa shape index (κ2) is 9.11. The molecule has 3 heterocycles. The Kier molecular flexibility index (Phi) is 5.66. The predicted molar refractivity (Wildman–Crippen MR) is 134 cm³/mol. The molecular formula is C27H24N4O3S. The number of hydrogen-bond donors (Lipinski definition) is 0. The van der Waals surface area contributed by atoms with Crippen molar-refractivity contribution >= 4 is 23.4 Å². The Morgan fingerprint density at radius 2 is 1.71 bits per heavy atom. The number of hydrogen-bond acceptors (Lipinski definition) is 6. The molecule has 1 amide bonds. The van der Waals surface area contributed by atoms with Gasteiger partial charge in [-0.1, -0.05) is 60.3 Å². The van der Waals surface area contributed by atoms with E-state index in [1.54, 1.807) is 0 Å². The molecule has 7 nitrogen and oxygen atoms in total. The number of para-hydroxylation sites is 4. The van der Waals surface area contributed by atoms with Gasteiger partial charge in [0.1, 0.15) is 6.61 Å². The topological polar surface area (TPSA) is 69.5 Å². The largest absolute Gasteiger partial charge is 0.485 e. The lowest BCUT2D eigenvalue weighted by molar-refractivity contribution is -0.117. The van der Waals surface area contributed by atoms with E-state index in [1.165, 1.54) is 17.3 Å². The van der Waals surface area contributed by atoms with Crippen molar-refractivity contribution in [3.63, 3.8) is 0 Å². The number of anilines is 1. The van der Waals surface area contributed by atoms with Gasteiger partial charge in [0.2, 0.25) is 5.91 Å². The minimum atomic E-state index is -0.427. The third-order valence-corrected chi connectivity index (χ3v) is 7.28. The van der Waals surface area contributed by atoms with E-state index in [1.807, 2.05) is 89.2 Å². The van der Waals surface area contributed by atoms with Gasteiger partial charge in [0, 0.05) is 17.9 Å². The van der Waals surface area contributed by atoms with E-state index in [-0.39, 0.29) is 11.2 Å². The normalized spacial score (nSPS) is 17.2.